The molecule has 0 fully saturated rings. The van der Waals surface area contributed by atoms with Crippen molar-refractivity contribution >= 4 is 6.47 Å². The zero-order chi connectivity index (χ0) is 6.53. The van der Waals surface area contributed by atoms with E-state index in [0.717, 1.165) is 0 Å². The smallest absolute Gasteiger partial charge is 0.298 e. The quantitative estimate of drug-likeness (QED) is 0.629. The summed E-state index contributed by atoms with van der Waals surface area (Å²) in [5, 5.41) is 0. The molecule has 0 aliphatic heterocycles. The van der Waals surface area contributed by atoms with Crippen LogP contribution in [0, 0.1) is 0 Å². The van der Waals surface area contributed by atoms with E-state index in [1.54, 1.807) is 24.3 Å². The van der Waals surface area contributed by atoms with Gasteiger partial charge in [-0.3, -0.25) is 4.79 Å². The number of benzene rings is 1. The van der Waals surface area contributed by atoms with Crippen molar-refractivity contribution in [1.82, 2.24) is 6.15 Å². The highest BCUT2D eigenvalue weighted by molar-refractivity contribution is 5.44. The molecule has 3 heteroatoms. The SMILES string of the molecule is N.O=COc1ccccc1. The summed E-state index contributed by atoms with van der Waals surface area (Å²) < 4.78 is 4.53. The standard InChI is InChI=1S/C7H6O2.H3N/c8-6-9-7-4-2-1-3-5-7;/h1-6H;1H3. The van der Waals surface area contributed by atoms with Crippen molar-refractivity contribution in [1.29, 1.82) is 0 Å². The highest BCUT2D eigenvalue weighted by Gasteiger charge is 1.84. The van der Waals surface area contributed by atoms with Crippen LogP contribution in [0.25, 0.3) is 0 Å². The highest BCUT2D eigenvalue weighted by Crippen LogP contribution is 2.05. The fourth-order valence-electron chi connectivity index (χ4n) is 0.555. The number of carbonyl (C=O) groups is 1. The third kappa shape index (κ3) is 2.28. The van der Waals surface area contributed by atoms with Crippen LogP contribution in [-0.4, -0.2) is 6.47 Å². The lowest BCUT2D eigenvalue weighted by atomic mass is 10.3. The average Bonchev–Trinajstić information content (AvgIpc) is 1.91. The molecule has 0 atom stereocenters. The molecule has 0 bridgehead atoms. The molecule has 0 aromatic heterocycles. The maximum atomic E-state index is 9.75. The molecule has 3 nitrogen and oxygen atoms in total. The van der Waals surface area contributed by atoms with E-state index in [9.17, 15) is 4.79 Å². The monoisotopic (exact) mass is 139 g/mol. The van der Waals surface area contributed by atoms with Gasteiger partial charge in [-0.1, -0.05) is 18.2 Å². The summed E-state index contributed by atoms with van der Waals surface area (Å²) in [6.07, 6.45) is 0. The first-order valence-corrected chi connectivity index (χ1v) is 2.59. The molecular formula is C7H9NO2. The molecule has 54 valence electrons. The van der Waals surface area contributed by atoms with Crippen LogP contribution < -0.4 is 10.9 Å². The Morgan fingerprint density at radius 2 is 1.80 bits per heavy atom. The Balaban J connectivity index is 0.000000810. The van der Waals surface area contributed by atoms with Crippen LogP contribution in [0.3, 0.4) is 0 Å². The van der Waals surface area contributed by atoms with Gasteiger partial charge in [0, 0.05) is 0 Å². The molecule has 1 rings (SSSR count). The molecule has 3 N–H and O–H groups in total. The number of para-hydroxylation sites is 1. The van der Waals surface area contributed by atoms with Crippen LogP contribution in [0.5, 0.6) is 5.75 Å². The maximum Gasteiger partial charge on any atom is 0.298 e. The van der Waals surface area contributed by atoms with Gasteiger partial charge in [-0.15, -0.1) is 0 Å². The zero-order valence-electron chi connectivity index (χ0n) is 5.49. The van der Waals surface area contributed by atoms with Gasteiger partial charge < -0.3 is 10.9 Å². The minimum Gasteiger partial charge on any atom is -0.429 e. The van der Waals surface area contributed by atoms with Gasteiger partial charge in [0.05, 0.1) is 0 Å². The summed E-state index contributed by atoms with van der Waals surface area (Å²) in [6.45, 7) is 0.412. The van der Waals surface area contributed by atoms with Crippen LogP contribution in [-0.2, 0) is 4.79 Å². The summed E-state index contributed by atoms with van der Waals surface area (Å²) in [5.74, 6) is 0.576. The minimum atomic E-state index is 0. The van der Waals surface area contributed by atoms with Crippen LogP contribution in [0.1, 0.15) is 0 Å². The second-order valence-corrected chi connectivity index (χ2v) is 1.53. The molecule has 0 saturated heterocycles. The van der Waals surface area contributed by atoms with Crippen molar-refractivity contribution in [2.45, 2.75) is 0 Å². The molecule has 0 radical (unpaired) electrons. The van der Waals surface area contributed by atoms with E-state index >= 15 is 0 Å². The molecule has 10 heavy (non-hydrogen) atoms. The Bertz CT molecular complexity index is 186. The van der Waals surface area contributed by atoms with Gasteiger partial charge in [0.15, 0.2) is 0 Å². The summed E-state index contributed by atoms with van der Waals surface area (Å²) >= 11 is 0. The number of carbonyl (C=O) groups excluding carboxylic acids is 1. The molecular weight excluding hydrogens is 130 g/mol. The maximum absolute atomic E-state index is 9.75. The highest BCUT2D eigenvalue weighted by atomic mass is 16.5. The van der Waals surface area contributed by atoms with Crippen molar-refractivity contribution < 1.29 is 9.53 Å². The zero-order valence-corrected chi connectivity index (χ0v) is 5.49. The van der Waals surface area contributed by atoms with Gasteiger partial charge in [0.2, 0.25) is 0 Å². The number of rotatable bonds is 2. The summed E-state index contributed by atoms with van der Waals surface area (Å²) in [4.78, 5) is 9.75. The van der Waals surface area contributed by atoms with Crippen LogP contribution in [0.15, 0.2) is 30.3 Å². The van der Waals surface area contributed by atoms with E-state index in [0.29, 0.717) is 12.2 Å². The second-order valence-electron chi connectivity index (χ2n) is 1.53. The Morgan fingerprint density at radius 1 is 1.20 bits per heavy atom. The largest absolute Gasteiger partial charge is 0.429 e. The predicted molar refractivity (Wildman–Crippen MR) is 38.2 cm³/mol. The van der Waals surface area contributed by atoms with E-state index in [4.69, 9.17) is 0 Å². The summed E-state index contributed by atoms with van der Waals surface area (Å²) in [7, 11) is 0. The van der Waals surface area contributed by atoms with Gasteiger partial charge in [-0.05, 0) is 12.1 Å². The first-order valence-electron chi connectivity index (χ1n) is 2.59. The molecule has 0 aliphatic carbocycles. The predicted octanol–water partition coefficient (Wildman–Crippen LogP) is 1.38. The molecule has 0 spiro atoms. The lowest BCUT2D eigenvalue weighted by molar-refractivity contribution is -0.120. The van der Waals surface area contributed by atoms with Gasteiger partial charge in [0.1, 0.15) is 5.75 Å². The third-order valence-electron chi connectivity index (χ3n) is 0.927. The molecule has 0 unspecified atom stereocenters. The van der Waals surface area contributed by atoms with Gasteiger partial charge >= 0.3 is 0 Å². The molecule has 0 aliphatic rings. The molecule has 0 amide bonds. The van der Waals surface area contributed by atoms with Crippen molar-refractivity contribution in [3.8, 4) is 5.75 Å². The molecule has 1 aromatic rings. The molecule has 1 aromatic carbocycles. The summed E-state index contributed by atoms with van der Waals surface area (Å²) in [6, 6.07) is 8.90. The van der Waals surface area contributed by atoms with Gasteiger partial charge in [-0.25, -0.2) is 0 Å². The average molecular weight is 139 g/mol. The van der Waals surface area contributed by atoms with Crippen molar-refractivity contribution in [3.05, 3.63) is 30.3 Å². The van der Waals surface area contributed by atoms with E-state index in [1.807, 2.05) is 6.07 Å². The molecule has 0 heterocycles. The van der Waals surface area contributed by atoms with E-state index in [-0.39, 0.29) is 6.15 Å². The van der Waals surface area contributed by atoms with Crippen molar-refractivity contribution in [2.24, 2.45) is 0 Å². The lowest BCUT2D eigenvalue weighted by Gasteiger charge is -1.92. The van der Waals surface area contributed by atoms with Crippen molar-refractivity contribution in [3.63, 3.8) is 0 Å². The van der Waals surface area contributed by atoms with E-state index < -0.39 is 0 Å². The first-order chi connectivity index (χ1) is 4.43. The number of hydrogen-bond acceptors (Lipinski definition) is 3. The Labute approximate surface area is 59.2 Å². The Kier molecular flexibility index (Phi) is 3.91. The number of hydrogen-bond donors (Lipinski definition) is 1. The fraction of sp³-hybridized carbons (Fsp3) is 0. The minimum absolute atomic E-state index is 0. The molecule has 0 saturated carbocycles. The Hall–Kier alpha value is -1.35. The second kappa shape index (κ2) is 4.52. The van der Waals surface area contributed by atoms with Crippen LogP contribution in [0.2, 0.25) is 0 Å². The van der Waals surface area contributed by atoms with Gasteiger partial charge in [-0.2, -0.15) is 0 Å². The summed E-state index contributed by atoms with van der Waals surface area (Å²) in [5.41, 5.74) is 0. The first kappa shape index (κ1) is 8.65. The third-order valence-corrected chi connectivity index (χ3v) is 0.927. The Morgan fingerprint density at radius 3 is 2.30 bits per heavy atom. The van der Waals surface area contributed by atoms with Crippen LogP contribution >= 0.6 is 0 Å². The fourth-order valence-corrected chi connectivity index (χ4v) is 0.555. The topological polar surface area (TPSA) is 61.3 Å². The van der Waals surface area contributed by atoms with Crippen molar-refractivity contribution in [2.75, 3.05) is 0 Å². The van der Waals surface area contributed by atoms with Gasteiger partial charge in [0.25, 0.3) is 6.47 Å². The number of ether oxygens (including phenoxy) is 1. The van der Waals surface area contributed by atoms with Crippen LogP contribution in [0.4, 0.5) is 0 Å². The van der Waals surface area contributed by atoms with E-state index in [2.05, 4.69) is 4.74 Å². The van der Waals surface area contributed by atoms with E-state index in [1.165, 1.54) is 0 Å². The normalized spacial score (nSPS) is 7.60. The lowest BCUT2D eigenvalue weighted by Crippen LogP contribution is -1.85.